The highest BCUT2D eigenvalue weighted by atomic mass is 19.1. The molecular formula is C19H20FN5. The van der Waals surface area contributed by atoms with Gasteiger partial charge in [0.05, 0.1) is 6.20 Å². The number of nitrogens with zero attached hydrogens (tertiary/aromatic N) is 3. The number of aryl methyl sites for hydroxylation is 1. The zero-order valence-electron chi connectivity index (χ0n) is 14.0. The third-order valence-corrected chi connectivity index (χ3v) is 3.92. The van der Waals surface area contributed by atoms with Crippen molar-refractivity contribution in [2.75, 3.05) is 17.2 Å². The van der Waals surface area contributed by atoms with Crippen LogP contribution in [0.4, 0.5) is 16.2 Å². The van der Waals surface area contributed by atoms with Gasteiger partial charge in [0.15, 0.2) is 5.82 Å². The Hall–Kier alpha value is -3.02. The molecule has 0 saturated carbocycles. The van der Waals surface area contributed by atoms with E-state index < -0.39 is 0 Å². The molecule has 0 unspecified atom stereocenters. The molecule has 3 rings (SSSR count). The molecule has 0 fully saturated rings. The van der Waals surface area contributed by atoms with Gasteiger partial charge in [-0.2, -0.15) is 10.1 Å². The lowest BCUT2D eigenvalue weighted by Gasteiger charge is -2.09. The molecular weight excluding hydrogens is 317 g/mol. The van der Waals surface area contributed by atoms with Gasteiger partial charge in [-0.05, 0) is 36.1 Å². The Morgan fingerprint density at radius 2 is 1.72 bits per heavy atom. The van der Waals surface area contributed by atoms with Crippen molar-refractivity contribution in [1.82, 2.24) is 15.2 Å². The van der Waals surface area contributed by atoms with E-state index >= 15 is 0 Å². The molecule has 0 atom stereocenters. The van der Waals surface area contributed by atoms with Crippen LogP contribution in [0.25, 0.3) is 0 Å². The Morgan fingerprint density at radius 1 is 0.960 bits per heavy atom. The van der Waals surface area contributed by atoms with E-state index in [1.807, 2.05) is 18.2 Å². The van der Waals surface area contributed by atoms with E-state index in [2.05, 4.69) is 44.9 Å². The first kappa shape index (κ1) is 16.8. The minimum atomic E-state index is -0.189. The zero-order chi connectivity index (χ0) is 17.5. The number of aromatic nitrogens is 3. The molecule has 25 heavy (non-hydrogen) atoms. The lowest BCUT2D eigenvalue weighted by Crippen LogP contribution is -2.11. The summed E-state index contributed by atoms with van der Waals surface area (Å²) >= 11 is 0. The highest BCUT2D eigenvalue weighted by molar-refractivity contribution is 5.38. The summed E-state index contributed by atoms with van der Waals surface area (Å²) in [4.78, 5) is 4.38. The summed E-state index contributed by atoms with van der Waals surface area (Å²) in [7, 11) is 0. The van der Waals surface area contributed by atoms with Gasteiger partial charge in [-0.25, -0.2) is 4.39 Å². The predicted octanol–water partition coefficient (Wildman–Crippen LogP) is 3.59. The number of halogens is 1. The van der Waals surface area contributed by atoms with Crippen molar-refractivity contribution >= 4 is 11.8 Å². The summed E-state index contributed by atoms with van der Waals surface area (Å²) in [6.45, 7) is 3.26. The lowest BCUT2D eigenvalue weighted by atomic mass is 10.1. The van der Waals surface area contributed by atoms with Gasteiger partial charge in [0.1, 0.15) is 5.82 Å². The average Bonchev–Trinajstić information content (AvgIpc) is 2.63. The first-order chi connectivity index (χ1) is 12.2. The van der Waals surface area contributed by atoms with Gasteiger partial charge in [-0.3, -0.25) is 0 Å². The summed E-state index contributed by atoms with van der Waals surface area (Å²) < 4.78 is 13.6. The second kappa shape index (κ2) is 8.19. The van der Waals surface area contributed by atoms with Gasteiger partial charge in [0.2, 0.25) is 5.95 Å². The Balaban J connectivity index is 1.54. The lowest BCUT2D eigenvalue weighted by molar-refractivity contribution is 0.610. The summed E-state index contributed by atoms with van der Waals surface area (Å²) in [5.74, 6) is 0.878. The molecule has 3 aromatic rings. The fourth-order valence-corrected chi connectivity index (χ4v) is 2.47. The number of nitrogens with one attached hydrogen (secondary N) is 2. The van der Waals surface area contributed by atoms with Crippen molar-refractivity contribution in [1.29, 1.82) is 0 Å². The van der Waals surface area contributed by atoms with E-state index in [1.165, 1.54) is 17.2 Å². The fraction of sp³-hybridized carbons (Fsp3) is 0.211. The standard InChI is InChI=1S/C19H20FN5/c1-14-6-2-3-8-16(14)12-22-19-24-18(13-23-25-19)21-11-10-15-7-4-5-9-17(15)20/h2-9,13H,10-12H2,1H3,(H2,21,22,24,25). The molecule has 2 aromatic carbocycles. The maximum absolute atomic E-state index is 13.6. The highest BCUT2D eigenvalue weighted by Crippen LogP contribution is 2.11. The van der Waals surface area contributed by atoms with Crippen molar-refractivity contribution in [3.63, 3.8) is 0 Å². The zero-order valence-corrected chi connectivity index (χ0v) is 14.0. The number of rotatable bonds is 7. The predicted molar refractivity (Wildman–Crippen MR) is 96.9 cm³/mol. The largest absolute Gasteiger partial charge is 0.368 e. The summed E-state index contributed by atoms with van der Waals surface area (Å²) in [6, 6.07) is 14.9. The molecule has 0 bridgehead atoms. The van der Waals surface area contributed by atoms with Crippen LogP contribution in [-0.2, 0) is 13.0 Å². The van der Waals surface area contributed by atoms with E-state index in [-0.39, 0.29) is 5.82 Å². The molecule has 0 amide bonds. The second-order valence-corrected chi connectivity index (χ2v) is 5.71. The number of hydrogen-bond donors (Lipinski definition) is 2. The van der Waals surface area contributed by atoms with Crippen LogP contribution < -0.4 is 10.6 Å². The molecule has 0 aliphatic heterocycles. The van der Waals surface area contributed by atoms with Gasteiger partial charge in [0.25, 0.3) is 0 Å². The Kier molecular flexibility index (Phi) is 5.51. The number of benzene rings is 2. The molecule has 0 radical (unpaired) electrons. The summed E-state index contributed by atoms with van der Waals surface area (Å²) in [5, 5.41) is 14.3. The van der Waals surface area contributed by atoms with Gasteiger partial charge >= 0.3 is 0 Å². The fourth-order valence-electron chi connectivity index (χ4n) is 2.47. The molecule has 1 aromatic heterocycles. The smallest absolute Gasteiger partial charge is 0.244 e. The van der Waals surface area contributed by atoms with Crippen LogP contribution in [0.2, 0.25) is 0 Å². The van der Waals surface area contributed by atoms with Gasteiger partial charge in [0, 0.05) is 13.1 Å². The quantitative estimate of drug-likeness (QED) is 0.690. The summed E-state index contributed by atoms with van der Waals surface area (Å²) in [6.07, 6.45) is 2.13. The van der Waals surface area contributed by atoms with Crippen LogP contribution >= 0.6 is 0 Å². The second-order valence-electron chi connectivity index (χ2n) is 5.71. The van der Waals surface area contributed by atoms with Crippen molar-refractivity contribution in [3.8, 4) is 0 Å². The molecule has 0 saturated heterocycles. The van der Waals surface area contributed by atoms with E-state index in [1.54, 1.807) is 18.3 Å². The van der Waals surface area contributed by atoms with Gasteiger partial charge in [-0.15, -0.1) is 5.10 Å². The SMILES string of the molecule is Cc1ccccc1CNc1nncc(NCCc2ccccc2F)n1. The summed E-state index contributed by atoms with van der Waals surface area (Å²) in [5.41, 5.74) is 3.07. The Labute approximate surface area is 146 Å². The third kappa shape index (κ3) is 4.73. The molecule has 0 spiro atoms. The molecule has 1 heterocycles. The normalized spacial score (nSPS) is 10.5. The molecule has 6 heteroatoms. The van der Waals surface area contributed by atoms with Crippen molar-refractivity contribution < 1.29 is 4.39 Å². The van der Waals surface area contributed by atoms with Crippen LogP contribution in [0.1, 0.15) is 16.7 Å². The van der Waals surface area contributed by atoms with Crippen molar-refractivity contribution in [2.45, 2.75) is 19.9 Å². The Bertz CT molecular complexity index is 837. The number of anilines is 2. The maximum atomic E-state index is 13.6. The van der Waals surface area contributed by atoms with Crippen molar-refractivity contribution in [3.05, 3.63) is 77.2 Å². The van der Waals surface area contributed by atoms with Crippen molar-refractivity contribution in [2.24, 2.45) is 0 Å². The minimum Gasteiger partial charge on any atom is -0.368 e. The third-order valence-electron chi connectivity index (χ3n) is 3.92. The maximum Gasteiger partial charge on any atom is 0.244 e. The minimum absolute atomic E-state index is 0.189. The van der Waals surface area contributed by atoms with E-state index in [4.69, 9.17) is 0 Å². The topological polar surface area (TPSA) is 62.7 Å². The van der Waals surface area contributed by atoms with Crippen LogP contribution in [0.3, 0.4) is 0 Å². The monoisotopic (exact) mass is 337 g/mol. The Morgan fingerprint density at radius 3 is 2.52 bits per heavy atom. The molecule has 5 nitrogen and oxygen atoms in total. The van der Waals surface area contributed by atoms with Gasteiger partial charge in [-0.1, -0.05) is 42.5 Å². The van der Waals surface area contributed by atoms with E-state index in [0.717, 1.165) is 0 Å². The molecule has 128 valence electrons. The first-order valence-corrected chi connectivity index (χ1v) is 8.18. The highest BCUT2D eigenvalue weighted by Gasteiger charge is 2.03. The van der Waals surface area contributed by atoms with Crippen LogP contribution in [0.5, 0.6) is 0 Å². The van der Waals surface area contributed by atoms with E-state index in [9.17, 15) is 4.39 Å². The molecule has 0 aliphatic rings. The molecule has 0 aliphatic carbocycles. The number of hydrogen-bond acceptors (Lipinski definition) is 5. The average molecular weight is 337 g/mol. The van der Waals surface area contributed by atoms with Gasteiger partial charge < -0.3 is 10.6 Å². The van der Waals surface area contributed by atoms with Crippen LogP contribution in [-0.4, -0.2) is 21.7 Å². The van der Waals surface area contributed by atoms with E-state index in [0.29, 0.717) is 36.8 Å². The van der Waals surface area contributed by atoms with Crippen LogP contribution in [0.15, 0.2) is 54.7 Å². The molecule has 2 N–H and O–H groups in total. The first-order valence-electron chi connectivity index (χ1n) is 8.18. The van der Waals surface area contributed by atoms with Crippen LogP contribution in [0, 0.1) is 12.7 Å².